The van der Waals surface area contributed by atoms with Gasteiger partial charge in [-0.05, 0) is 32.4 Å². The molecule has 1 fully saturated rings. The molecule has 1 aliphatic heterocycles. The van der Waals surface area contributed by atoms with E-state index < -0.39 is 10.0 Å². The van der Waals surface area contributed by atoms with Gasteiger partial charge in [-0.25, -0.2) is 8.42 Å². The van der Waals surface area contributed by atoms with Gasteiger partial charge in [-0.15, -0.1) is 0 Å². The molecule has 0 unspecified atom stereocenters. The van der Waals surface area contributed by atoms with Crippen LogP contribution in [-0.2, 0) is 10.0 Å². The molecule has 1 saturated heterocycles. The fourth-order valence-electron chi connectivity index (χ4n) is 3.16. The van der Waals surface area contributed by atoms with Crippen LogP contribution in [0.2, 0.25) is 0 Å². The van der Waals surface area contributed by atoms with Crippen LogP contribution in [0.4, 0.5) is 0 Å². The van der Waals surface area contributed by atoms with Crippen LogP contribution in [0.1, 0.15) is 17.9 Å². The summed E-state index contributed by atoms with van der Waals surface area (Å²) in [7, 11) is -3.54. The van der Waals surface area contributed by atoms with E-state index in [2.05, 4.69) is 10.1 Å². The topological polar surface area (TPSA) is 75.9 Å². The first kappa shape index (κ1) is 18.9. The zero-order valence-electron chi connectivity index (χ0n) is 15.2. The zero-order chi connectivity index (χ0) is 18.6. The van der Waals surface area contributed by atoms with Crippen molar-refractivity contribution in [3.63, 3.8) is 0 Å². The molecule has 0 aliphatic carbocycles. The third kappa shape index (κ3) is 4.25. The Morgan fingerprint density at radius 1 is 1.12 bits per heavy atom. The summed E-state index contributed by atoms with van der Waals surface area (Å²) in [4.78, 5) is 2.48. The summed E-state index contributed by atoms with van der Waals surface area (Å²) in [6.45, 7) is 7.23. The van der Waals surface area contributed by atoms with E-state index in [9.17, 15) is 8.42 Å². The Balaban J connectivity index is 1.45. The maximum Gasteiger partial charge on any atom is 0.248 e. The molecule has 2 heterocycles. The van der Waals surface area contributed by atoms with Crippen molar-refractivity contribution in [2.24, 2.45) is 0 Å². The lowest BCUT2D eigenvalue weighted by Gasteiger charge is -2.33. The number of benzene rings is 1. The smallest absolute Gasteiger partial charge is 0.248 e. The van der Waals surface area contributed by atoms with E-state index in [1.54, 1.807) is 13.8 Å². The number of piperazine rings is 1. The van der Waals surface area contributed by atoms with Gasteiger partial charge in [0.15, 0.2) is 5.76 Å². The molecule has 0 spiro atoms. The molecule has 0 atom stereocenters. The van der Waals surface area contributed by atoms with E-state index in [4.69, 9.17) is 9.26 Å². The molecule has 2 aromatic rings. The molecule has 0 bridgehead atoms. The molecule has 7 nitrogen and oxygen atoms in total. The predicted octanol–water partition coefficient (Wildman–Crippen LogP) is 2.07. The molecule has 0 saturated carbocycles. The molecule has 142 valence electrons. The second-order valence-electron chi connectivity index (χ2n) is 6.41. The minimum Gasteiger partial charge on any atom is -0.494 e. The lowest BCUT2D eigenvalue weighted by atomic mass is 10.3. The van der Waals surface area contributed by atoms with Gasteiger partial charge in [-0.1, -0.05) is 23.4 Å². The first-order chi connectivity index (χ1) is 12.5. The number of para-hydroxylation sites is 1. The van der Waals surface area contributed by atoms with Crippen LogP contribution in [0.5, 0.6) is 5.75 Å². The van der Waals surface area contributed by atoms with Crippen LogP contribution >= 0.6 is 0 Å². The highest BCUT2D eigenvalue weighted by Gasteiger charge is 2.33. The van der Waals surface area contributed by atoms with Gasteiger partial charge in [0.25, 0.3) is 0 Å². The average Bonchev–Trinajstić information content (AvgIpc) is 2.99. The second-order valence-corrected chi connectivity index (χ2v) is 8.29. The zero-order valence-corrected chi connectivity index (χ0v) is 16.0. The fourth-order valence-corrected chi connectivity index (χ4v) is 4.87. The van der Waals surface area contributed by atoms with Crippen molar-refractivity contribution in [3.05, 3.63) is 41.8 Å². The van der Waals surface area contributed by atoms with Crippen molar-refractivity contribution >= 4 is 10.0 Å². The lowest BCUT2D eigenvalue weighted by molar-refractivity contribution is 0.174. The molecule has 0 radical (unpaired) electrons. The van der Waals surface area contributed by atoms with Crippen molar-refractivity contribution in [2.75, 3.05) is 39.3 Å². The minimum atomic E-state index is -3.54. The van der Waals surface area contributed by atoms with Crippen LogP contribution < -0.4 is 4.74 Å². The summed E-state index contributed by atoms with van der Waals surface area (Å²) in [6.07, 6.45) is 0.908. The van der Waals surface area contributed by atoms with Crippen molar-refractivity contribution in [1.82, 2.24) is 14.4 Å². The van der Waals surface area contributed by atoms with Crippen molar-refractivity contribution in [2.45, 2.75) is 25.2 Å². The van der Waals surface area contributed by atoms with E-state index in [0.717, 1.165) is 18.7 Å². The second kappa shape index (κ2) is 8.20. The van der Waals surface area contributed by atoms with Crippen LogP contribution in [0, 0.1) is 13.8 Å². The van der Waals surface area contributed by atoms with Crippen LogP contribution in [-0.4, -0.2) is 62.1 Å². The molecule has 0 amide bonds. The summed E-state index contributed by atoms with van der Waals surface area (Å²) in [6, 6.07) is 9.75. The normalized spacial score (nSPS) is 16.7. The van der Waals surface area contributed by atoms with E-state index in [1.165, 1.54) is 4.31 Å². The third-order valence-electron chi connectivity index (χ3n) is 4.53. The number of nitrogens with zero attached hydrogens (tertiary/aromatic N) is 3. The molecule has 0 N–H and O–H groups in total. The van der Waals surface area contributed by atoms with Crippen molar-refractivity contribution in [3.8, 4) is 5.75 Å². The van der Waals surface area contributed by atoms with Crippen LogP contribution in [0.15, 0.2) is 39.8 Å². The molecular formula is C18H25N3O4S. The molecule has 1 aromatic carbocycles. The molecule has 3 rings (SSSR count). The average molecular weight is 379 g/mol. The largest absolute Gasteiger partial charge is 0.494 e. The fraction of sp³-hybridized carbons (Fsp3) is 0.500. The van der Waals surface area contributed by atoms with Gasteiger partial charge in [0.2, 0.25) is 10.0 Å². The molecule has 1 aliphatic rings. The van der Waals surface area contributed by atoms with Gasteiger partial charge in [-0.3, -0.25) is 0 Å². The van der Waals surface area contributed by atoms with Gasteiger partial charge in [0.1, 0.15) is 16.3 Å². The number of aromatic nitrogens is 1. The van der Waals surface area contributed by atoms with Gasteiger partial charge in [0, 0.05) is 32.7 Å². The minimum absolute atomic E-state index is 0.210. The Morgan fingerprint density at radius 3 is 2.42 bits per heavy atom. The lowest BCUT2D eigenvalue weighted by Crippen LogP contribution is -2.49. The Bertz CT molecular complexity index is 793. The third-order valence-corrected chi connectivity index (χ3v) is 6.67. The standard InChI is InChI=1S/C18H25N3O4S/c1-15-18(16(2)25-19-15)26(22,23)21-12-10-20(11-13-21)9-6-14-24-17-7-4-3-5-8-17/h3-5,7-8H,6,9-14H2,1-2H3. The summed E-state index contributed by atoms with van der Waals surface area (Å²) >= 11 is 0. The number of sulfonamides is 1. The monoisotopic (exact) mass is 379 g/mol. The summed E-state index contributed by atoms with van der Waals surface area (Å²) in [5.41, 5.74) is 0.419. The first-order valence-corrected chi connectivity index (χ1v) is 10.3. The van der Waals surface area contributed by atoms with Gasteiger partial charge < -0.3 is 14.2 Å². The number of hydrogen-bond donors (Lipinski definition) is 0. The summed E-state index contributed by atoms with van der Waals surface area (Å²) in [5, 5.41) is 3.76. The summed E-state index contributed by atoms with van der Waals surface area (Å²) in [5.74, 6) is 1.23. The van der Waals surface area contributed by atoms with Gasteiger partial charge in [-0.2, -0.15) is 4.31 Å². The Morgan fingerprint density at radius 2 is 1.81 bits per heavy atom. The highest BCUT2D eigenvalue weighted by molar-refractivity contribution is 7.89. The molecule has 26 heavy (non-hydrogen) atoms. The number of hydrogen-bond acceptors (Lipinski definition) is 6. The Kier molecular flexibility index (Phi) is 5.95. The van der Waals surface area contributed by atoms with Crippen LogP contribution in [0.3, 0.4) is 0 Å². The highest BCUT2D eigenvalue weighted by Crippen LogP contribution is 2.24. The van der Waals surface area contributed by atoms with E-state index in [-0.39, 0.29) is 4.90 Å². The first-order valence-electron chi connectivity index (χ1n) is 8.81. The van der Waals surface area contributed by atoms with E-state index in [1.807, 2.05) is 30.3 Å². The van der Waals surface area contributed by atoms with E-state index >= 15 is 0 Å². The molecular weight excluding hydrogens is 354 g/mol. The summed E-state index contributed by atoms with van der Waals surface area (Å²) < 4.78 is 37.8. The molecule has 1 aromatic heterocycles. The number of aryl methyl sites for hydroxylation is 2. The highest BCUT2D eigenvalue weighted by atomic mass is 32.2. The van der Waals surface area contributed by atoms with Gasteiger partial charge in [0.05, 0.1) is 6.61 Å². The van der Waals surface area contributed by atoms with Crippen molar-refractivity contribution in [1.29, 1.82) is 0 Å². The molecule has 8 heteroatoms. The quantitative estimate of drug-likeness (QED) is 0.686. The maximum absolute atomic E-state index is 12.8. The maximum atomic E-state index is 12.8. The van der Waals surface area contributed by atoms with Gasteiger partial charge >= 0.3 is 0 Å². The predicted molar refractivity (Wildman–Crippen MR) is 97.7 cm³/mol. The Labute approximate surface area is 154 Å². The van der Waals surface area contributed by atoms with Crippen molar-refractivity contribution < 1.29 is 17.7 Å². The SMILES string of the molecule is Cc1noc(C)c1S(=O)(=O)N1CCN(CCCOc2ccccc2)CC1. The number of rotatable bonds is 7. The number of ether oxygens (including phenoxy) is 1. The Hall–Kier alpha value is -1.90. The van der Waals surface area contributed by atoms with Crippen LogP contribution in [0.25, 0.3) is 0 Å². The van der Waals surface area contributed by atoms with E-state index in [0.29, 0.717) is 44.2 Å².